The number of fused-ring (bicyclic) bond motifs is 26. The van der Waals surface area contributed by atoms with Gasteiger partial charge < -0.3 is 13.3 Å². The van der Waals surface area contributed by atoms with Crippen molar-refractivity contribution in [1.29, 1.82) is 0 Å². The Hall–Kier alpha value is -19.6. The normalized spacial score (nSPS) is 11.9. The highest BCUT2D eigenvalue weighted by atomic mass is 16.3. The third-order valence-electron chi connectivity index (χ3n) is 31.4. The van der Waals surface area contributed by atoms with E-state index in [9.17, 15) is 0 Å². The topological polar surface area (TPSA) is 39.4 Å². The van der Waals surface area contributed by atoms with Crippen LogP contribution in [0.2, 0.25) is 0 Å². The van der Waals surface area contributed by atoms with Crippen molar-refractivity contribution >= 4 is 217 Å². The molecule has 149 heavy (non-hydrogen) atoms. The smallest absolute Gasteiger partial charge is 0.143 e. The van der Waals surface area contributed by atoms with Gasteiger partial charge in [0.1, 0.15) is 33.5 Å². The molecule has 0 atom stereocenters. The van der Waals surface area contributed by atoms with Gasteiger partial charge in [-0.05, 0) is 332 Å². The van der Waals surface area contributed by atoms with Crippen molar-refractivity contribution in [3.63, 3.8) is 0 Å². The molecule has 0 saturated carbocycles. The van der Waals surface area contributed by atoms with Crippen molar-refractivity contribution in [1.82, 2.24) is 0 Å². The van der Waals surface area contributed by atoms with Crippen LogP contribution in [0.4, 0.5) is 0 Å². The Bertz CT molecular complexity index is 11100. The monoisotopic (exact) mass is 1890 g/mol. The van der Waals surface area contributed by atoms with Gasteiger partial charge >= 0.3 is 0 Å². The molecule has 29 aromatic carbocycles. The number of hydrogen-bond donors (Lipinski definition) is 0. The van der Waals surface area contributed by atoms with Gasteiger partial charge in [0.25, 0.3) is 0 Å². The fraction of sp³-hybridized carbons (Fsp3) is 0. The van der Waals surface area contributed by atoms with Gasteiger partial charge in [0.05, 0.1) is 0 Å². The van der Waals surface area contributed by atoms with E-state index in [1.54, 1.807) is 0 Å². The van der Waals surface area contributed by atoms with Crippen LogP contribution in [0, 0.1) is 0 Å². The molecule has 0 unspecified atom stereocenters. The van der Waals surface area contributed by atoms with Gasteiger partial charge in [-0.25, -0.2) is 0 Å². The fourth-order valence-corrected chi connectivity index (χ4v) is 24.7. The van der Waals surface area contributed by atoms with E-state index in [0.717, 1.165) is 82.0 Å². The lowest BCUT2D eigenvalue weighted by molar-refractivity contribution is 0.672. The van der Waals surface area contributed by atoms with Crippen molar-refractivity contribution in [2.75, 3.05) is 0 Å². The second kappa shape index (κ2) is 34.6. The predicted molar refractivity (Wildman–Crippen MR) is 635 cm³/mol. The number of furan rings is 3. The molecule has 0 bridgehead atoms. The van der Waals surface area contributed by atoms with Crippen molar-refractivity contribution in [3.8, 4) is 100 Å². The molecule has 690 valence electrons. The lowest BCUT2D eigenvalue weighted by atomic mass is 9.83. The summed E-state index contributed by atoms with van der Waals surface area (Å²) < 4.78 is 19.4. The molecule has 32 rings (SSSR count). The Morgan fingerprint density at radius 3 is 0.658 bits per heavy atom. The molecule has 3 nitrogen and oxygen atoms in total. The highest BCUT2D eigenvalue weighted by Gasteiger charge is 2.27. The lowest BCUT2D eigenvalue weighted by Crippen LogP contribution is -1.93. The molecule has 0 amide bonds. The summed E-state index contributed by atoms with van der Waals surface area (Å²) in [6.45, 7) is 0. The minimum atomic E-state index is 0.909. The van der Waals surface area contributed by atoms with Crippen molar-refractivity contribution < 1.29 is 13.3 Å². The van der Waals surface area contributed by atoms with Gasteiger partial charge in [0.15, 0.2) is 0 Å². The first kappa shape index (κ1) is 85.0. The molecule has 32 aromatic rings. The van der Waals surface area contributed by atoms with Gasteiger partial charge in [0, 0.05) is 48.5 Å². The van der Waals surface area contributed by atoms with Crippen molar-refractivity contribution in [3.05, 3.63) is 534 Å². The van der Waals surface area contributed by atoms with E-state index in [0.29, 0.717) is 0 Å². The van der Waals surface area contributed by atoms with Crippen LogP contribution in [0.1, 0.15) is 0 Å². The molecule has 3 aromatic heterocycles. The summed E-state index contributed by atoms with van der Waals surface area (Å²) >= 11 is 0. The predicted octanol–water partition coefficient (Wildman–Crippen LogP) is 41.9. The van der Waals surface area contributed by atoms with E-state index in [1.807, 2.05) is 0 Å². The van der Waals surface area contributed by atoms with Gasteiger partial charge in [-0.15, -0.1) is 0 Å². The Labute approximate surface area is 857 Å². The molecular weight excluding hydrogens is 1800 g/mol. The minimum absolute atomic E-state index is 0.909. The van der Waals surface area contributed by atoms with Crippen LogP contribution >= 0.6 is 0 Å². The van der Waals surface area contributed by atoms with E-state index in [1.165, 1.54) is 235 Å². The Kier molecular flexibility index (Phi) is 19.8. The average Bonchev–Trinajstić information content (AvgIpc) is 1.71. The van der Waals surface area contributed by atoms with E-state index >= 15 is 0 Å². The summed E-state index contributed by atoms with van der Waals surface area (Å²) in [5.74, 6) is 0. The van der Waals surface area contributed by atoms with E-state index in [4.69, 9.17) is 13.3 Å². The fourth-order valence-electron chi connectivity index (χ4n) is 24.7. The van der Waals surface area contributed by atoms with E-state index in [2.05, 4.69) is 534 Å². The van der Waals surface area contributed by atoms with E-state index in [-0.39, 0.29) is 0 Å². The summed E-state index contributed by atoms with van der Waals surface area (Å²) in [4.78, 5) is 0. The molecule has 3 heterocycles. The quantitative estimate of drug-likeness (QED) is 0.135. The van der Waals surface area contributed by atoms with Crippen LogP contribution in [-0.4, -0.2) is 0 Å². The van der Waals surface area contributed by atoms with Gasteiger partial charge in [0.2, 0.25) is 0 Å². The zero-order valence-corrected chi connectivity index (χ0v) is 81.0. The standard InChI is InChI=1S/2C50H30O.C46H28O/c1-4-16-36-31(12-1)15-11-23-39(36)48-40-19-7-9-21-42(40)49(43-22-10-8-20-41(43)48)46-30-35(28-34-14-3-5-17-37(34)46)33-25-27-47-45(29-33)44-26-24-32-13-2-6-18-38(32)50(44)51-47;1-2-13-33-27-36(22-21-31(33)11-1)48-40-17-7-9-19-42(40)49(43-20-10-8-18-41(43)48)46-30-37(28-35-14-4-5-15-38(35)46)34-24-26-47-45(29-34)44-25-23-32-12-3-6-16-39(32)50(44)51-47;1-2-13-30(14-3-1)44-36-18-8-10-20-38(36)45(39-21-11-9-19-37(39)44)42-28-33(26-32-15-5-6-16-34(32)42)31-23-25-43-41(27-31)40-24-22-29-12-4-7-17-35(29)46(40)47-43/h2*1-30H;1-28H. The number of benzene rings is 29. The summed E-state index contributed by atoms with van der Waals surface area (Å²) in [6, 6.07) is 195. The lowest BCUT2D eigenvalue weighted by Gasteiger charge is -2.20. The maximum absolute atomic E-state index is 6.49. The molecule has 0 aliphatic heterocycles. The molecular formula is C146H88O3. The first-order valence-corrected chi connectivity index (χ1v) is 51.4. The SMILES string of the molecule is c1ccc(-c2c3ccccc3c(-c3cc(-c4ccc5oc6c7ccccc7ccc6c5c4)cc4ccccc34)c3ccccc23)cc1.c1ccc2c(-c3c4ccccc4c(-c4cc(-c5ccc6oc7c8ccccc8ccc7c6c5)cc5ccccc45)c4ccccc34)cccc2c1.c1ccc2cc(-c3c4ccccc4c(-c4cc(-c5ccc6oc7c8ccccc8ccc7c6c5)cc5ccccc45)c4ccccc34)ccc2c1. The molecule has 0 fully saturated rings. The average molecular weight is 1890 g/mol. The van der Waals surface area contributed by atoms with Crippen molar-refractivity contribution in [2.24, 2.45) is 0 Å². The third kappa shape index (κ3) is 14.0. The first-order valence-electron chi connectivity index (χ1n) is 51.4. The van der Waals surface area contributed by atoms with Crippen LogP contribution in [-0.2, 0) is 0 Å². The number of rotatable bonds is 9. The van der Waals surface area contributed by atoms with Crippen LogP contribution < -0.4 is 0 Å². The molecule has 0 radical (unpaired) electrons. The summed E-state index contributed by atoms with van der Waals surface area (Å²) in [7, 11) is 0. The van der Waals surface area contributed by atoms with Crippen LogP contribution in [0.3, 0.4) is 0 Å². The number of hydrogen-bond acceptors (Lipinski definition) is 3. The molecule has 0 aliphatic carbocycles. The molecule has 0 saturated heterocycles. The second-order valence-electron chi connectivity index (χ2n) is 39.6. The van der Waals surface area contributed by atoms with Gasteiger partial charge in [-0.2, -0.15) is 0 Å². The summed E-state index contributed by atoms with van der Waals surface area (Å²) in [6.07, 6.45) is 0. The van der Waals surface area contributed by atoms with Crippen LogP contribution in [0.5, 0.6) is 0 Å². The maximum Gasteiger partial charge on any atom is 0.143 e. The molecule has 0 N–H and O–H groups in total. The van der Waals surface area contributed by atoms with E-state index < -0.39 is 0 Å². The minimum Gasteiger partial charge on any atom is -0.455 e. The zero-order chi connectivity index (χ0) is 97.8. The maximum atomic E-state index is 6.49. The Morgan fingerprint density at radius 2 is 0.322 bits per heavy atom. The second-order valence-corrected chi connectivity index (χ2v) is 39.6. The molecule has 3 heteroatoms. The third-order valence-corrected chi connectivity index (χ3v) is 31.4. The summed E-state index contributed by atoms with van der Waals surface area (Å²) in [5.41, 5.74) is 27.8. The Balaban J connectivity index is 0.000000103. The molecule has 0 aliphatic rings. The zero-order valence-electron chi connectivity index (χ0n) is 81.0. The first-order chi connectivity index (χ1) is 73.9. The summed E-state index contributed by atoms with van der Waals surface area (Å²) in [5, 5.41) is 41.4. The van der Waals surface area contributed by atoms with Crippen LogP contribution in [0.15, 0.2) is 547 Å². The van der Waals surface area contributed by atoms with Gasteiger partial charge in [-0.3, -0.25) is 0 Å². The molecule has 0 spiro atoms. The van der Waals surface area contributed by atoms with Crippen LogP contribution in [0.25, 0.3) is 317 Å². The highest BCUT2D eigenvalue weighted by Crippen LogP contribution is 2.54. The van der Waals surface area contributed by atoms with Crippen molar-refractivity contribution in [2.45, 2.75) is 0 Å². The Morgan fingerprint density at radius 1 is 0.0940 bits per heavy atom. The highest BCUT2D eigenvalue weighted by molar-refractivity contribution is 6.30. The van der Waals surface area contributed by atoms with Gasteiger partial charge in [-0.1, -0.05) is 437 Å². The largest absolute Gasteiger partial charge is 0.455 e.